The maximum atomic E-state index is 13.6. The number of carbonyl (C=O) groups is 1. The van der Waals surface area contributed by atoms with Gasteiger partial charge in [-0.2, -0.15) is 4.39 Å². The summed E-state index contributed by atoms with van der Waals surface area (Å²) >= 11 is 0. The number of hydrogen-bond donors (Lipinski definition) is 0. The first-order chi connectivity index (χ1) is 6.90. The molecule has 0 radical (unpaired) electrons. The summed E-state index contributed by atoms with van der Waals surface area (Å²) in [6, 6.07) is 3.80. The zero-order valence-electron chi connectivity index (χ0n) is 8.36. The second kappa shape index (κ2) is 3.76. The summed E-state index contributed by atoms with van der Waals surface area (Å²) in [5.74, 6) is -0.945. The molecule has 0 aliphatic heterocycles. The Kier molecular flexibility index (Phi) is 2.83. The van der Waals surface area contributed by atoms with E-state index in [2.05, 4.69) is 0 Å². The molecule has 0 atom stereocenters. The molecule has 0 saturated carbocycles. The number of hydrogen-bond acceptors (Lipinski definition) is 3. The monoisotopic (exact) mass is 211 g/mol. The van der Waals surface area contributed by atoms with E-state index in [1.165, 1.54) is 26.0 Å². The average Bonchev–Trinajstić information content (AvgIpc) is 2.17. The highest BCUT2D eigenvalue weighted by Gasteiger charge is 2.28. The molecule has 0 saturated heterocycles. The first kappa shape index (κ1) is 11.3. The van der Waals surface area contributed by atoms with Gasteiger partial charge in [0.2, 0.25) is 5.82 Å². The highest BCUT2D eigenvalue weighted by atomic mass is 19.1. The van der Waals surface area contributed by atoms with E-state index in [0.29, 0.717) is 6.29 Å². The van der Waals surface area contributed by atoms with E-state index < -0.39 is 21.8 Å². The van der Waals surface area contributed by atoms with Crippen molar-refractivity contribution in [3.63, 3.8) is 0 Å². The number of carbonyl (C=O) groups excluding carboxylic acids is 1. The van der Waals surface area contributed by atoms with E-state index in [4.69, 9.17) is 0 Å². The van der Waals surface area contributed by atoms with E-state index in [0.717, 1.165) is 6.07 Å². The molecule has 0 aliphatic rings. The molecular weight excluding hydrogens is 201 g/mol. The second-order valence-corrected chi connectivity index (χ2v) is 3.74. The van der Waals surface area contributed by atoms with E-state index in [9.17, 15) is 19.3 Å². The summed E-state index contributed by atoms with van der Waals surface area (Å²) < 4.78 is 13.6. The standard InChI is InChI=1S/C10H10FNO3/c1-10(2,6-13)7-4-3-5-8(9(7)11)12(14)15/h3-6H,1-2H3. The van der Waals surface area contributed by atoms with Crippen LogP contribution in [0.4, 0.5) is 10.1 Å². The van der Waals surface area contributed by atoms with Crippen molar-refractivity contribution in [1.82, 2.24) is 0 Å². The minimum Gasteiger partial charge on any atom is -0.302 e. The first-order valence-electron chi connectivity index (χ1n) is 4.30. The van der Waals surface area contributed by atoms with Crippen LogP contribution in [-0.4, -0.2) is 11.2 Å². The van der Waals surface area contributed by atoms with Gasteiger partial charge < -0.3 is 4.79 Å². The van der Waals surface area contributed by atoms with Gasteiger partial charge in [-0.15, -0.1) is 0 Å². The van der Waals surface area contributed by atoms with Crippen molar-refractivity contribution in [3.05, 3.63) is 39.7 Å². The van der Waals surface area contributed by atoms with Gasteiger partial charge in [0.05, 0.1) is 4.92 Å². The van der Waals surface area contributed by atoms with Crippen molar-refractivity contribution in [2.45, 2.75) is 19.3 Å². The fourth-order valence-electron chi connectivity index (χ4n) is 1.22. The molecule has 15 heavy (non-hydrogen) atoms. The maximum Gasteiger partial charge on any atom is 0.305 e. The summed E-state index contributed by atoms with van der Waals surface area (Å²) in [6.45, 7) is 3.00. The third-order valence-electron chi connectivity index (χ3n) is 2.16. The van der Waals surface area contributed by atoms with Crippen LogP contribution in [0.15, 0.2) is 18.2 Å². The van der Waals surface area contributed by atoms with Crippen LogP contribution in [0.1, 0.15) is 19.4 Å². The highest BCUT2D eigenvalue weighted by molar-refractivity contribution is 5.68. The molecule has 0 spiro atoms. The quantitative estimate of drug-likeness (QED) is 0.437. The number of nitro benzene ring substituents is 1. The van der Waals surface area contributed by atoms with E-state index >= 15 is 0 Å². The lowest BCUT2D eigenvalue weighted by molar-refractivity contribution is -0.387. The van der Waals surface area contributed by atoms with Gasteiger partial charge in [0.25, 0.3) is 0 Å². The van der Waals surface area contributed by atoms with Gasteiger partial charge in [0.15, 0.2) is 0 Å². The number of nitro groups is 1. The predicted molar refractivity (Wildman–Crippen MR) is 52.1 cm³/mol. The van der Waals surface area contributed by atoms with Gasteiger partial charge >= 0.3 is 5.69 Å². The molecule has 0 heterocycles. The maximum absolute atomic E-state index is 13.6. The number of aldehydes is 1. The summed E-state index contributed by atoms with van der Waals surface area (Å²) in [5, 5.41) is 10.5. The fraction of sp³-hybridized carbons (Fsp3) is 0.300. The highest BCUT2D eigenvalue weighted by Crippen LogP contribution is 2.28. The zero-order chi connectivity index (χ0) is 11.6. The largest absolute Gasteiger partial charge is 0.305 e. The molecule has 0 unspecified atom stereocenters. The Hall–Kier alpha value is -1.78. The molecule has 1 rings (SSSR count). The molecule has 0 bridgehead atoms. The van der Waals surface area contributed by atoms with Crippen molar-refractivity contribution in [2.24, 2.45) is 0 Å². The van der Waals surface area contributed by atoms with Crippen molar-refractivity contribution >= 4 is 12.0 Å². The van der Waals surface area contributed by atoms with Crippen molar-refractivity contribution in [1.29, 1.82) is 0 Å². The lowest BCUT2D eigenvalue weighted by Gasteiger charge is -2.17. The summed E-state index contributed by atoms with van der Waals surface area (Å²) in [6.07, 6.45) is 0.565. The van der Waals surface area contributed by atoms with Crippen LogP contribution in [0.3, 0.4) is 0 Å². The number of halogens is 1. The Morgan fingerprint density at radius 3 is 2.53 bits per heavy atom. The van der Waals surface area contributed by atoms with Gasteiger partial charge in [-0.1, -0.05) is 12.1 Å². The van der Waals surface area contributed by atoms with Crippen LogP contribution in [0.5, 0.6) is 0 Å². The zero-order valence-corrected chi connectivity index (χ0v) is 8.36. The lowest BCUT2D eigenvalue weighted by Crippen LogP contribution is -2.20. The molecule has 1 aromatic carbocycles. The average molecular weight is 211 g/mol. The van der Waals surface area contributed by atoms with Crippen LogP contribution >= 0.6 is 0 Å². The number of rotatable bonds is 3. The minimum absolute atomic E-state index is 0.0340. The molecule has 0 fully saturated rings. The van der Waals surface area contributed by atoms with Crippen molar-refractivity contribution in [3.8, 4) is 0 Å². The third-order valence-corrected chi connectivity index (χ3v) is 2.16. The molecule has 0 aliphatic carbocycles. The van der Waals surface area contributed by atoms with Crippen LogP contribution < -0.4 is 0 Å². The van der Waals surface area contributed by atoms with E-state index in [-0.39, 0.29) is 5.56 Å². The predicted octanol–water partition coefficient (Wildman–Crippen LogP) is 2.21. The van der Waals surface area contributed by atoms with Crippen LogP contribution in [0, 0.1) is 15.9 Å². The fourth-order valence-corrected chi connectivity index (χ4v) is 1.22. The minimum atomic E-state index is -1.06. The Bertz CT molecular complexity index is 415. The normalized spacial score (nSPS) is 11.1. The number of nitrogens with zero attached hydrogens (tertiary/aromatic N) is 1. The van der Waals surface area contributed by atoms with Gasteiger partial charge in [0.1, 0.15) is 6.29 Å². The smallest absolute Gasteiger partial charge is 0.302 e. The molecule has 80 valence electrons. The molecule has 0 amide bonds. The van der Waals surface area contributed by atoms with Gasteiger partial charge in [-0.3, -0.25) is 10.1 Å². The van der Waals surface area contributed by atoms with Crippen molar-refractivity contribution in [2.75, 3.05) is 0 Å². The Morgan fingerprint density at radius 2 is 2.07 bits per heavy atom. The van der Waals surface area contributed by atoms with Gasteiger partial charge in [0, 0.05) is 17.0 Å². The molecular formula is C10H10FNO3. The van der Waals surface area contributed by atoms with Gasteiger partial charge in [-0.25, -0.2) is 0 Å². The van der Waals surface area contributed by atoms with Crippen molar-refractivity contribution < 1.29 is 14.1 Å². The summed E-state index contributed by atoms with van der Waals surface area (Å²) in [5.41, 5.74) is -1.63. The molecule has 4 nitrogen and oxygen atoms in total. The Balaban J connectivity index is 3.39. The van der Waals surface area contributed by atoms with Crippen LogP contribution in [0.25, 0.3) is 0 Å². The molecule has 0 aromatic heterocycles. The first-order valence-corrected chi connectivity index (χ1v) is 4.30. The Labute approximate surface area is 85.9 Å². The van der Waals surface area contributed by atoms with Crippen LogP contribution in [-0.2, 0) is 10.2 Å². The molecule has 0 N–H and O–H groups in total. The summed E-state index contributed by atoms with van der Waals surface area (Å²) in [4.78, 5) is 20.4. The van der Waals surface area contributed by atoms with Crippen LogP contribution in [0.2, 0.25) is 0 Å². The third kappa shape index (κ3) is 2.01. The van der Waals surface area contributed by atoms with E-state index in [1.807, 2.05) is 0 Å². The SMILES string of the molecule is CC(C)(C=O)c1cccc([N+](=O)[O-])c1F. The second-order valence-electron chi connectivity index (χ2n) is 3.74. The molecule has 1 aromatic rings. The Morgan fingerprint density at radius 1 is 1.47 bits per heavy atom. The summed E-state index contributed by atoms with van der Waals surface area (Å²) in [7, 11) is 0. The van der Waals surface area contributed by atoms with E-state index in [1.54, 1.807) is 0 Å². The lowest BCUT2D eigenvalue weighted by atomic mass is 9.86. The topological polar surface area (TPSA) is 60.2 Å². The van der Waals surface area contributed by atoms with Gasteiger partial charge in [-0.05, 0) is 13.8 Å². The number of benzene rings is 1. The molecule has 5 heteroatoms.